The minimum atomic E-state index is 0.0834. The second-order valence-corrected chi connectivity index (χ2v) is 8.51. The van der Waals surface area contributed by atoms with Gasteiger partial charge in [0.2, 0.25) is 0 Å². The van der Waals surface area contributed by atoms with E-state index in [1.54, 1.807) is 0 Å². The Bertz CT molecular complexity index is 544. The molecule has 0 amide bonds. The van der Waals surface area contributed by atoms with Crippen molar-refractivity contribution in [2.45, 2.75) is 38.5 Å². The van der Waals surface area contributed by atoms with Gasteiger partial charge in [0, 0.05) is 0 Å². The highest BCUT2D eigenvalue weighted by atomic mass is 16.1. The molecule has 0 aromatic carbocycles. The van der Waals surface area contributed by atoms with E-state index in [0.717, 1.165) is 48.6 Å². The largest absolute Gasteiger partial charge is 0.310 e. The van der Waals surface area contributed by atoms with Crippen molar-refractivity contribution in [3.8, 4) is 0 Å². The fourth-order valence-corrected chi connectivity index (χ4v) is 6.23. The second-order valence-electron chi connectivity index (χ2n) is 8.51. The molecule has 2 bridgehead atoms. The van der Waals surface area contributed by atoms with Gasteiger partial charge in [0.1, 0.15) is 0 Å². The van der Waals surface area contributed by atoms with Crippen molar-refractivity contribution >= 4 is 11.6 Å². The van der Waals surface area contributed by atoms with Crippen LogP contribution in [-0.4, -0.2) is 37.7 Å². The van der Waals surface area contributed by atoms with Crippen LogP contribution in [0.5, 0.6) is 0 Å². The van der Waals surface area contributed by atoms with Gasteiger partial charge in [-0.2, -0.15) is 0 Å². The van der Waals surface area contributed by atoms with Crippen LogP contribution in [0.1, 0.15) is 38.5 Å². The molecule has 0 aliphatic heterocycles. The highest BCUT2D eigenvalue weighted by molar-refractivity contribution is 5.91. The van der Waals surface area contributed by atoms with Gasteiger partial charge in [0.15, 0.2) is 11.6 Å². The zero-order chi connectivity index (χ0) is 18.5. The summed E-state index contributed by atoms with van der Waals surface area (Å²) in [6, 6.07) is 0. The monoisotopic (exact) mass is 358 g/mol. The average molecular weight is 359 g/mol. The number of hydrogen-bond acceptors (Lipinski definition) is 4. The summed E-state index contributed by atoms with van der Waals surface area (Å²) in [5.74, 6) is 5.59. The van der Waals surface area contributed by atoms with E-state index in [1.807, 2.05) is 0 Å². The average Bonchev–Trinajstić information content (AvgIpc) is 3.34. The molecule has 2 N–H and O–H groups in total. The van der Waals surface area contributed by atoms with Crippen molar-refractivity contribution in [2.24, 2.45) is 35.5 Å². The molecule has 26 heavy (non-hydrogen) atoms. The molecular weight excluding hydrogens is 324 g/mol. The fraction of sp³-hybridized carbons (Fsp3) is 0.727. The van der Waals surface area contributed by atoms with Crippen LogP contribution < -0.4 is 10.6 Å². The summed E-state index contributed by atoms with van der Waals surface area (Å²) >= 11 is 0. The molecule has 3 aliphatic carbocycles. The molecule has 4 heteroatoms. The fourth-order valence-electron chi connectivity index (χ4n) is 6.23. The Morgan fingerprint density at radius 1 is 0.846 bits per heavy atom. The third-order valence-electron chi connectivity index (χ3n) is 7.23. The summed E-state index contributed by atoms with van der Waals surface area (Å²) in [4.78, 5) is 22.6. The van der Waals surface area contributed by atoms with Crippen molar-refractivity contribution < 1.29 is 9.59 Å². The van der Waals surface area contributed by atoms with Crippen LogP contribution in [0.2, 0.25) is 0 Å². The molecule has 3 fully saturated rings. The van der Waals surface area contributed by atoms with E-state index in [9.17, 15) is 9.59 Å². The van der Waals surface area contributed by atoms with E-state index >= 15 is 0 Å². The Labute approximate surface area is 157 Å². The van der Waals surface area contributed by atoms with Crippen molar-refractivity contribution in [1.29, 1.82) is 0 Å². The normalized spacial score (nSPS) is 34.6. The molecule has 4 nitrogen and oxygen atoms in total. The Kier molecular flexibility index (Phi) is 6.82. The maximum atomic E-state index is 11.3. The third-order valence-corrected chi connectivity index (χ3v) is 7.23. The van der Waals surface area contributed by atoms with Gasteiger partial charge in [-0.05, 0) is 99.3 Å². The number of carbonyl (C=O) groups is 2. The Morgan fingerprint density at radius 3 is 2.08 bits per heavy atom. The van der Waals surface area contributed by atoms with Crippen molar-refractivity contribution in [3.63, 3.8) is 0 Å². The SMILES string of the molecule is C=CC(=O)CNCCC1CC2CC1C1CCC(CCNCC(=O)C=C)C21. The molecule has 6 atom stereocenters. The van der Waals surface area contributed by atoms with Gasteiger partial charge in [0.05, 0.1) is 13.1 Å². The first kappa shape index (κ1) is 19.5. The van der Waals surface area contributed by atoms with E-state index < -0.39 is 0 Å². The Balaban J connectivity index is 1.39. The number of nitrogens with one attached hydrogen (secondary N) is 2. The summed E-state index contributed by atoms with van der Waals surface area (Å²) in [6.45, 7) is 9.80. The van der Waals surface area contributed by atoms with Crippen LogP contribution in [0.15, 0.2) is 25.3 Å². The summed E-state index contributed by atoms with van der Waals surface area (Å²) in [6.07, 6.45) is 10.8. The van der Waals surface area contributed by atoms with Crippen molar-refractivity contribution in [3.05, 3.63) is 25.3 Å². The van der Waals surface area contributed by atoms with E-state index in [0.29, 0.717) is 13.1 Å². The predicted molar refractivity (Wildman–Crippen MR) is 105 cm³/mol. The van der Waals surface area contributed by atoms with Crippen molar-refractivity contribution in [1.82, 2.24) is 10.6 Å². The van der Waals surface area contributed by atoms with Gasteiger partial charge in [-0.1, -0.05) is 13.2 Å². The molecule has 3 aliphatic rings. The standard InChI is InChI=1S/C22H34N2O2/c1-3-18(25)13-23-9-7-15-5-6-20-21-12-17(22(15)20)11-16(21)8-10-24-14-19(26)4-2/h3-4,15-17,20-24H,1-2,5-14H2. The third kappa shape index (κ3) is 4.34. The number of carbonyl (C=O) groups excluding carboxylic acids is 2. The molecule has 144 valence electrons. The predicted octanol–water partition coefficient (Wildman–Crippen LogP) is 2.75. The summed E-state index contributed by atoms with van der Waals surface area (Å²) in [5, 5.41) is 6.56. The minimum absolute atomic E-state index is 0.0834. The van der Waals surface area contributed by atoms with Crippen LogP contribution in [0.3, 0.4) is 0 Å². The molecule has 3 rings (SSSR count). The number of fused-ring (bicyclic) bond motifs is 5. The van der Waals surface area contributed by atoms with Crippen LogP contribution in [0.25, 0.3) is 0 Å². The molecule has 3 saturated carbocycles. The van der Waals surface area contributed by atoms with E-state index in [2.05, 4.69) is 23.8 Å². The quantitative estimate of drug-likeness (QED) is 0.416. The Hall–Kier alpha value is -1.26. The van der Waals surface area contributed by atoms with Gasteiger partial charge in [-0.25, -0.2) is 0 Å². The number of ketones is 2. The topological polar surface area (TPSA) is 58.2 Å². The lowest BCUT2D eigenvalue weighted by atomic mass is 9.72. The number of rotatable bonds is 12. The lowest BCUT2D eigenvalue weighted by molar-refractivity contribution is -0.114. The molecule has 0 heterocycles. The summed E-state index contributed by atoms with van der Waals surface area (Å²) in [7, 11) is 0. The first-order valence-electron chi connectivity index (χ1n) is 10.4. The smallest absolute Gasteiger partial charge is 0.168 e. The molecule has 0 spiro atoms. The lowest BCUT2D eigenvalue weighted by Gasteiger charge is -2.34. The molecule has 6 unspecified atom stereocenters. The van der Waals surface area contributed by atoms with Crippen LogP contribution in [0.4, 0.5) is 0 Å². The molecule has 0 radical (unpaired) electrons. The molecule has 0 aromatic rings. The highest BCUT2D eigenvalue weighted by Gasteiger charge is 2.56. The van der Waals surface area contributed by atoms with E-state index in [4.69, 9.17) is 0 Å². The van der Waals surface area contributed by atoms with Gasteiger partial charge >= 0.3 is 0 Å². The van der Waals surface area contributed by atoms with Crippen molar-refractivity contribution in [2.75, 3.05) is 26.2 Å². The van der Waals surface area contributed by atoms with Gasteiger partial charge < -0.3 is 10.6 Å². The molecule has 0 saturated heterocycles. The summed E-state index contributed by atoms with van der Waals surface area (Å²) < 4.78 is 0. The summed E-state index contributed by atoms with van der Waals surface area (Å²) in [5.41, 5.74) is 0. The van der Waals surface area contributed by atoms with Crippen LogP contribution in [-0.2, 0) is 9.59 Å². The second kappa shape index (κ2) is 9.09. The van der Waals surface area contributed by atoms with Gasteiger partial charge in [-0.15, -0.1) is 0 Å². The van der Waals surface area contributed by atoms with Crippen LogP contribution in [0, 0.1) is 35.5 Å². The van der Waals surface area contributed by atoms with Crippen LogP contribution >= 0.6 is 0 Å². The van der Waals surface area contributed by atoms with Gasteiger partial charge in [-0.3, -0.25) is 9.59 Å². The van der Waals surface area contributed by atoms with E-state index in [-0.39, 0.29) is 11.6 Å². The minimum Gasteiger partial charge on any atom is -0.310 e. The lowest BCUT2D eigenvalue weighted by Crippen LogP contribution is -2.31. The molecule has 0 aromatic heterocycles. The molecular formula is C22H34N2O2. The maximum absolute atomic E-state index is 11.3. The maximum Gasteiger partial charge on any atom is 0.168 e. The first-order valence-corrected chi connectivity index (χ1v) is 10.4. The zero-order valence-corrected chi connectivity index (χ0v) is 15.9. The van der Waals surface area contributed by atoms with Gasteiger partial charge in [0.25, 0.3) is 0 Å². The zero-order valence-electron chi connectivity index (χ0n) is 15.9. The number of hydrogen-bond donors (Lipinski definition) is 2. The highest BCUT2D eigenvalue weighted by Crippen LogP contribution is 2.63. The first-order chi connectivity index (χ1) is 12.6. The Morgan fingerprint density at radius 2 is 1.46 bits per heavy atom. The van der Waals surface area contributed by atoms with E-state index in [1.165, 1.54) is 50.7 Å².